The molecule has 2 atom stereocenters. The molecule has 1 aliphatic heterocycles. The van der Waals surface area contributed by atoms with Gasteiger partial charge < -0.3 is 24.3 Å². The van der Waals surface area contributed by atoms with Gasteiger partial charge >= 0.3 is 30.0 Å². The summed E-state index contributed by atoms with van der Waals surface area (Å²) >= 11 is 0. The zero-order valence-corrected chi connectivity index (χ0v) is 30.1. The summed E-state index contributed by atoms with van der Waals surface area (Å²) in [5, 5.41) is 2.62. The third-order valence-electron chi connectivity index (χ3n) is 6.66. The van der Waals surface area contributed by atoms with E-state index in [0.717, 1.165) is 5.56 Å². The molecule has 0 saturated carbocycles. The highest BCUT2D eigenvalue weighted by Crippen LogP contribution is 2.26. The smallest absolute Gasteiger partial charge is 0.407 e. The van der Waals surface area contributed by atoms with Gasteiger partial charge in [-0.05, 0) is 93.6 Å². The molecule has 1 aromatic rings. The lowest BCUT2D eigenvalue weighted by Crippen LogP contribution is -2.64. The Morgan fingerprint density at radius 1 is 0.714 bits per heavy atom. The van der Waals surface area contributed by atoms with E-state index in [1.165, 1.54) is 0 Å². The molecule has 0 bridgehead atoms. The number of hydrogen-bond donors (Lipinski definition) is 1. The highest BCUT2D eigenvalue weighted by atomic mass is 16.6. The molecule has 14 heteroatoms. The van der Waals surface area contributed by atoms with E-state index in [4.69, 9.17) is 18.9 Å². The Bertz CT molecular complexity index is 1360. The highest BCUT2D eigenvalue weighted by Gasteiger charge is 2.49. The summed E-state index contributed by atoms with van der Waals surface area (Å²) in [5.74, 6) is -4.45. The van der Waals surface area contributed by atoms with Crippen LogP contribution in [0.15, 0.2) is 30.3 Å². The molecule has 1 fully saturated rings. The van der Waals surface area contributed by atoms with Crippen molar-refractivity contribution in [3.05, 3.63) is 35.9 Å². The quantitative estimate of drug-likeness (QED) is 0.123. The van der Waals surface area contributed by atoms with Crippen LogP contribution >= 0.6 is 0 Å². The molecule has 2 rings (SSSR count). The van der Waals surface area contributed by atoms with Gasteiger partial charge in [-0.25, -0.2) is 29.0 Å². The summed E-state index contributed by atoms with van der Waals surface area (Å²) in [7, 11) is 0. The lowest BCUT2D eigenvalue weighted by molar-refractivity contribution is -0.170. The first-order valence-electron chi connectivity index (χ1n) is 16.4. The second-order valence-corrected chi connectivity index (χ2v) is 14.7. The average Bonchev–Trinajstić information content (AvgIpc) is 2.94. The zero-order chi connectivity index (χ0) is 37.2. The molecule has 2 unspecified atom stereocenters. The fraction of sp³-hybridized carbons (Fsp3) is 0.629. The van der Waals surface area contributed by atoms with E-state index in [0.29, 0.717) is 16.2 Å². The summed E-state index contributed by atoms with van der Waals surface area (Å²) in [6, 6.07) is 4.88. The van der Waals surface area contributed by atoms with Crippen molar-refractivity contribution < 1.29 is 52.5 Å². The van der Waals surface area contributed by atoms with Crippen LogP contribution in [-0.4, -0.2) is 87.1 Å². The number of unbranched alkanes of at least 4 members (excludes halogenated alkanes) is 1. The van der Waals surface area contributed by atoms with Crippen LogP contribution in [0.3, 0.4) is 0 Å². The van der Waals surface area contributed by atoms with Gasteiger partial charge in [-0.3, -0.25) is 14.4 Å². The van der Waals surface area contributed by atoms with Crippen molar-refractivity contribution in [3.63, 3.8) is 0 Å². The predicted molar refractivity (Wildman–Crippen MR) is 177 cm³/mol. The Balaban J connectivity index is 2.26. The zero-order valence-electron chi connectivity index (χ0n) is 30.1. The number of benzene rings is 1. The first kappa shape index (κ1) is 40.7. The van der Waals surface area contributed by atoms with Crippen molar-refractivity contribution in [3.8, 4) is 0 Å². The number of nitrogens with one attached hydrogen (secondary N) is 1. The number of esters is 3. The number of amides is 5. The van der Waals surface area contributed by atoms with Gasteiger partial charge in [0, 0.05) is 13.0 Å². The molecule has 14 nitrogen and oxygen atoms in total. The van der Waals surface area contributed by atoms with Crippen LogP contribution in [0, 0.1) is 0 Å². The number of imide groups is 2. The molecule has 5 amide bonds. The Morgan fingerprint density at radius 3 is 1.69 bits per heavy atom. The van der Waals surface area contributed by atoms with Gasteiger partial charge in [0.25, 0.3) is 0 Å². The number of alkyl carbamates (subject to hydrolysis) is 1. The second-order valence-electron chi connectivity index (χ2n) is 14.7. The number of carbonyl (C=O) groups excluding carboxylic acids is 7. The van der Waals surface area contributed by atoms with E-state index in [-0.39, 0.29) is 38.8 Å². The molecule has 0 aliphatic carbocycles. The molecule has 272 valence electrons. The number of nitrogens with zero attached hydrogens (tertiary/aromatic N) is 2. The molecule has 0 spiro atoms. The van der Waals surface area contributed by atoms with Crippen molar-refractivity contribution >= 4 is 41.8 Å². The SMILES string of the molecule is CC(C)(C)OC(=O)CCC(C(=O)OC(C)(C)C)N1C(=O)CC(=O)N(C(CCCCNC(=O)OCc2ccccc2)C(=O)OC(C)(C)C)C1=O. The van der Waals surface area contributed by atoms with Crippen LogP contribution in [-0.2, 0) is 49.5 Å². The van der Waals surface area contributed by atoms with Crippen molar-refractivity contribution in [2.75, 3.05) is 6.54 Å². The minimum Gasteiger partial charge on any atom is -0.460 e. The number of ether oxygens (including phenoxy) is 4. The summed E-state index contributed by atoms with van der Waals surface area (Å²) in [4.78, 5) is 93.3. The number of urea groups is 1. The van der Waals surface area contributed by atoms with Gasteiger partial charge in [-0.2, -0.15) is 0 Å². The van der Waals surface area contributed by atoms with Crippen molar-refractivity contribution in [2.45, 2.75) is 136 Å². The van der Waals surface area contributed by atoms with Gasteiger partial charge in [0.05, 0.1) is 0 Å². The molecule has 0 radical (unpaired) electrons. The van der Waals surface area contributed by atoms with Gasteiger partial charge in [0.15, 0.2) is 0 Å². The highest BCUT2D eigenvalue weighted by molar-refractivity contribution is 6.16. The molecule has 1 heterocycles. The van der Waals surface area contributed by atoms with Crippen LogP contribution in [0.5, 0.6) is 0 Å². The molecule has 1 aromatic carbocycles. The minimum atomic E-state index is -1.59. The standard InChI is InChI=1S/C35H51N3O11/c1-33(2,3)47-28(41)19-18-25(30(43)49-35(7,8)9)38-27(40)21-26(39)37(32(38)45)24(29(42)48-34(4,5)6)17-13-14-20-36-31(44)46-22-23-15-11-10-12-16-23/h10-12,15-16,24-25H,13-14,17-22H2,1-9H3,(H,36,44). The van der Waals surface area contributed by atoms with Crippen LogP contribution in [0.2, 0.25) is 0 Å². The molecule has 1 saturated heterocycles. The first-order valence-corrected chi connectivity index (χ1v) is 16.4. The van der Waals surface area contributed by atoms with Crippen molar-refractivity contribution in [1.29, 1.82) is 0 Å². The molecule has 1 N–H and O–H groups in total. The summed E-state index contributed by atoms with van der Waals surface area (Å²) in [5.41, 5.74) is -2.00. The molecule has 1 aliphatic rings. The van der Waals surface area contributed by atoms with E-state index < -0.39 is 77.2 Å². The predicted octanol–water partition coefficient (Wildman–Crippen LogP) is 4.81. The van der Waals surface area contributed by atoms with E-state index in [9.17, 15) is 33.6 Å². The van der Waals surface area contributed by atoms with Gasteiger partial charge in [-0.1, -0.05) is 30.3 Å². The van der Waals surface area contributed by atoms with E-state index >= 15 is 0 Å². The lowest BCUT2D eigenvalue weighted by atomic mass is 10.0. The molecular weight excluding hydrogens is 638 g/mol. The lowest BCUT2D eigenvalue weighted by Gasteiger charge is -2.40. The van der Waals surface area contributed by atoms with Crippen LogP contribution in [0.25, 0.3) is 0 Å². The maximum Gasteiger partial charge on any atom is 0.407 e. The fourth-order valence-electron chi connectivity index (χ4n) is 4.76. The second kappa shape index (κ2) is 17.3. The van der Waals surface area contributed by atoms with Gasteiger partial charge in [0.1, 0.15) is 41.9 Å². The van der Waals surface area contributed by atoms with E-state index in [2.05, 4.69) is 5.32 Å². The average molecular weight is 690 g/mol. The van der Waals surface area contributed by atoms with Crippen molar-refractivity contribution in [2.24, 2.45) is 0 Å². The Hall–Kier alpha value is -4.49. The van der Waals surface area contributed by atoms with Gasteiger partial charge in [-0.15, -0.1) is 0 Å². The van der Waals surface area contributed by atoms with Gasteiger partial charge in [0.2, 0.25) is 11.8 Å². The summed E-state index contributed by atoms with van der Waals surface area (Å²) < 4.78 is 21.6. The molecule has 49 heavy (non-hydrogen) atoms. The Morgan fingerprint density at radius 2 is 1.20 bits per heavy atom. The van der Waals surface area contributed by atoms with E-state index in [1.54, 1.807) is 62.3 Å². The third kappa shape index (κ3) is 14.3. The van der Waals surface area contributed by atoms with E-state index in [1.807, 2.05) is 30.3 Å². The maximum atomic E-state index is 14.0. The number of hydrogen-bond acceptors (Lipinski definition) is 11. The largest absolute Gasteiger partial charge is 0.460 e. The molecular formula is C35H51N3O11. The van der Waals surface area contributed by atoms with Crippen LogP contribution in [0.4, 0.5) is 9.59 Å². The minimum absolute atomic E-state index is 0.0653. The molecule has 0 aromatic heterocycles. The first-order chi connectivity index (χ1) is 22.6. The Labute approximate surface area is 288 Å². The maximum absolute atomic E-state index is 14.0. The van der Waals surface area contributed by atoms with Crippen molar-refractivity contribution in [1.82, 2.24) is 15.1 Å². The fourth-order valence-corrected chi connectivity index (χ4v) is 4.76. The summed E-state index contributed by atoms with van der Waals surface area (Å²) in [6.07, 6.45) is -1.61. The topological polar surface area (TPSA) is 175 Å². The van der Waals surface area contributed by atoms with Crippen LogP contribution in [0.1, 0.15) is 106 Å². The Kier molecular flexibility index (Phi) is 14.3. The third-order valence-corrected chi connectivity index (χ3v) is 6.66. The number of carbonyl (C=O) groups is 7. The number of rotatable bonds is 14. The summed E-state index contributed by atoms with van der Waals surface area (Å²) in [6.45, 7) is 14.9. The normalized spacial score (nSPS) is 15.3. The van der Waals surface area contributed by atoms with Crippen LogP contribution < -0.4 is 5.32 Å². The number of barbiturate groups is 1. The monoisotopic (exact) mass is 689 g/mol.